The van der Waals surface area contributed by atoms with Crippen LogP contribution in [0.1, 0.15) is 36.2 Å². The fraction of sp³-hybridized carbons (Fsp3) is 0.476. The number of hydrogen-bond acceptors (Lipinski definition) is 4. The van der Waals surface area contributed by atoms with Crippen LogP contribution >= 0.6 is 0 Å². The van der Waals surface area contributed by atoms with Gasteiger partial charge in [-0.1, -0.05) is 30.7 Å². The molecule has 1 aromatic carbocycles. The molecule has 2 atom stereocenters. The first-order chi connectivity index (χ1) is 13.2. The Morgan fingerprint density at radius 1 is 1.26 bits per heavy atom. The molecular formula is C21H26N4O2. The zero-order valence-corrected chi connectivity index (χ0v) is 15.5. The van der Waals surface area contributed by atoms with Gasteiger partial charge >= 0.3 is 0 Å². The van der Waals surface area contributed by atoms with Crippen LogP contribution in [0.4, 0.5) is 0 Å². The molecule has 1 aliphatic carbocycles. The molecule has 0 unspecified atom stereocenters. The molecule has 2 heterocycles. The number of pyridine rings is 1. The Morgan fingerprint density at radius 2 is 2.11 bits per heavy atom. The van der Waals surface area contributed by atoms with Gasteiger partial charge in [0.15, 0.2) is 0 Å². The van der Waals surface area contributed by atoms with E-state index >= 15 is 0 Å². The van der Waals surface area contributed by atoms with Crippen molar-refractivity contribution in [3.05, 3.63) is 42.2 Å². The third-order valence-electron chi connectivity index (χ3n) is 5.62. The summed E-state index contributed by atoms with van der Waals surface area (Å²) in [6, 6.07) is 9.98. The minimum Gasteiger partial charge on any atom is -0.354 e. The molecule has 1 saturated carbocycles. The number of rotatable bonds is 4. The monoisotopic (exact) mass is 366 g/mol. The van der Waals surface area contributed by atoms with Crippen LogP contribution in [-0.2, 0) is 4.79 Å². The second-order valence-corrected chi connectivity index (χ2v) is 7.70. The van der Waals surface area contributed by atoms with Crippen LogP contribution in [-0.4, -0.2) is 53.9 Å². The van der Waals surface area contributed by atoms with Crippen molar-refractivity contribution in [1.29, 1.82) is 0 Å². The predicted octanol–water partition coefficient (Wildman–Crippen LogP) is 1.96. The largest absolute Gasteiger partial charge is 0.354 e. The van der Waals surface area contributed by atoms with Gasteiger partial charge in [0.25, 0.3) is 5.91 Å². The van der Waals surface area contributed by atoms with Gasteiger partial charge < -0.3 is 10.6 Å². The number of aromatic nitrogens is 1. The quantitative estimate of drug-likeness (QED) is 0.867. The van der Waals surface area contributed by atoms with E-state index in [9.17, 15) is 9.59 Å². The number of amides is 2. The molecule has 6 nitrogen and oxygen atoms in total. The molecule has 2 fully saturated rings. The van der Waals surface area contributed by atoms with E-state index in [4.69, 9.17) is 0 Å². The van der Waals surface area contributed by atoms with Gasteiger partial charge in [0.2, 0.25) is 5.91 Å². The van der Waals surface area contributed by atoms with E-state index in [1.807, 2.05) is 30.3 Å². The minimum absolute atomic E-state index is 0.0937. The van der Waals surface area contributed by atoms with Crippen molar-refractivity contribution in [1.82, 2.24) is 20.5 Å². The molecule has 0 radical (unpaired) electrons. The van der Waals surface area contributed by atoms with Crippen LogP contribution in [0.15, 0.2) is 36.5 Å². The van der Waals surface area contributed by atoms with Gasteiger partial charge in [0.1, 0.15) is 5.69 Å². The molecule has 1 aliphatic heterocycles. The Kier molecular flexibility index (Phi) is 5.34. The zero-order valence-electron chi connectivity index (χ0n) is 15.5. The number of carbonyl (C=O) groups is 2. The average molecular weight is 366 g/mol. The SMILES string of the molecule is O=C1CN(C[C@@H]2CCC[C@@H](NC(=O)c3cc4ccccc4cn3)C2)CCN1. The van der Waals surface area contributed by atoms with E-state index in [0.29, 0.717) is 18.2 Å². The van der Waals surface area contributed by atoms with Crippen LogP contribution in [0.2, 0.25) is 0 Å². The first kappa shape index (κ1) is 17.9. The Bertz CT molecular complexity index is 838. The Morgan fingerprint density at radius 3 is 2.96 bits per heavy atom. The normalized spacial score (nSPS) is 23.8. The minimum atomic E-state index is -0.0937. The van der Waals surface area contributed by atoms with Crippen molar-refractivity contribution in [3.8, 4) is 0 Å². The molecule has 4 rings (SSSR count). The number of hydrogen-bond donors (Lipinski definition) is 2. The van der Waals surface area contributed by atoms with Gasteiger partial charge in [-0.3, -0.25) is 19.5 Å². The van der Waals surface area contributed by atoms with E-state index in [1.165, 1.54) is 6.42 Å². The van der Waals surface area contributed by atoms with Gasteiger partial charge in [0.05, 0.1) is 6.54 Å². The second-order valence-electron chi connectivity index (χ2n) is 7.70. The highest BCUT2D eigenvalue weighted by atomic mass is 16.2. The maximum absolute atomic E-state index is 12.7. The number of nitrogens with zero attached hydrogens (tertiary/aromatic N) is 2. The van der Waals surface area contributed by atoms with E-state index < -0.39 is 0 Å². The maximum atomic E-state index is 12.7. The number of fused-ring (bicyclic) bond motifs is 1. The summed E-state index contributed by atoms with van der Waals surface area (Å²) in [6.07, 6.45) is 6.02. The lowest BCUT2D eigenvalue weighted by molar-refractivity contribution is -0.124. The highest BCUT2D eigenvalue weighted by Crippen LogP contribution is 2.25. The topological polar surface area (TPSA) is 74.3 Å². The summed E-state index contributed by atoms with van der Waals surface area (Å²) >= 11 is 0. The van der Waals surface area contributed by atoms with Crippen LogP contribution in [0.3, 0.4) is 0 Å². The van der Waals surface area contributed by atoms with Gasteiger partial charge in [-0.05, 0) is 36.6 Å². The Balaban J connectivity index is 1.35. The number of carbonyl (C=O) groups excluding carboxylic acids is 2. The number of benzene rings is 1. The zero-order chi connectivity index (χ0) is 18.6. The standard InChI is InChI=1S/C21H26N4O2/c26-20-14-25(9-8-22-20)13-15-4-3-7-18(10-15)24-21(27)19-11-16-5-1-2-6-17(16)12-23-19/h1-2,5-6,11-12,15,18H,3-4,7-10,13-14H2,(H,22,26)(H,24,27)/t15-,18-/m1/s1. The second kappa shape index (κ2) is 8.05. The molecule has 6 heteroatoms. The van der Waals surface area contributed by atoms with Crippen LogP contribution in [0, 0.1) is 5.92 Å². The number of piperazine rings is 1. The van der Waals surface area contributed by atoms with Crippen molar-refractivity contribution in [2.45, 2.75) is 31.7 Å². The van der Waals surface area contributed by atoms with Gasteiger partial charge in [-0.2, -0.15) is 0 Å². The Labute approximate surface area is 159 Å². The molecule has 27 heavy (non-hydrogen) atoms. The molecule has 1 saturated heterocycles. The molecule has 2 aliphatic rings. The lowest BCUT2D eigenvalue weighted by Crippen LogP contribution is -2.50. The maximum Gasteiger partial charge on any atom is 0.270 e. The first-order valence-electron chi connectivity index (χ1n) is 9.82. The van der Waals surface area contributed by atoms with E-state index in [-0.39, 0.29) is 17.9 Å². The third-order valence-corrected chi connectivity index (χ3v) is 5.62. The summed E-state index contributed by atoms with van der Waals surface area (Å²) < 4.78 is 0. The summed E-state index contributed by atoms with van der Waals surface area (Å²) in [5.74, 6) is 0.549. The highest BCUT2D eigenvalue weighted by molar-refractivity contribution is 5.96. The molecule has 0 bridgehead atoms. The van der Waals surface area contributed by atoms with Crippen molar-refractivity contribution >= 4 is 22.6 Å². The predicted molar refractivity (Wildman–Crippen MR) is 104 cm³/mol. The molecular weight excluding hydrogens is 340 g/mol. The molecule has 142 valence electrons. The molecule has 2 amide bonds. The van der Waals surface area contributed by atoms with Crippen LogP contribution in [0.5, 0.6) is 0 Å². The Hall–Kier alpha value is -2.47. The molecule has 2 N–H and O–H groups in total. The summed E-state index contributed by atoms with van der Waals surface area (Å²) in [7, 11) is 0. The van der Waals surface area contributed by atoms with E-state index in [0.717, 1.165) is 49.7 Å². The van der Waals surface area contributed by atoms with Gasteiger partial charge in [0, 0.05) is 37.3 Å². The summed E-state index contributed by atoms with van der Waals surface area (Å²) in [5, 5.41) is 8.12. The van der Waals surface area contributed by atoms with Crippen molar-refractivity contribution in [2.24, 2.45) is 5.92 Å². The fourth-order valence-corrected chi connectivity index (χ4v) is 4.27. The molecule has 1 aromatic heterocycles. The van der Waals surface area contributed by atoms with Crippen molar-refractivity contribution in [3.63, 3.8) is 0 Å². The fourth-order valence-electron chi connectivity index (χ4n) is 4.27. The van der Waals surface area contributed by atoms with Crippen molar-refractivity contribution < 1.29 is 9.59 Å². The van der Waals surface area contributed by atoms with Crippen molar-refractivity contribution in [2.75, 3.05) is 26.2 Å². The number of nitrogens with one attached hydrogen (secondary N) is 2. The van der Waals surface area contributed by atoms with Gasteiger partial charge in [-0.25, -0.2) is 0 Å². The summed E-state index contributed by atoms with van der Waals surface area (Å²) in [4.78, 5) is 30.8. The lowest BCUT2D eigenvalue weighted by atomic mass is 9.85. The van der Waals surface area contributed by atoms with E-state index in [1.54, 1.807) is 6.20 Å². The summed E-state index contributed by atoms with van der Waals surface area (Å²) in [5.41, 5.74) is 0.475. The average Bonchev–Trinajstić information content (AvgIpc) is 2.68. The van der Waals surface area contributed by atoms with Gasteiger partial charge in [-0.15, -0.1) is 0 Å². The van der Waals surface area contributed by atoms with Crippen LogP contribution < -0.4 is 10.6 Å². The van der Waals surface area contributed by atoms with Crippen LogP contribution in [0.25, 0.3) is 10.8 Å². The smallest absolute Gasteiger partial charge is 0.270 e. The third kappa shape index (κ3) is 4.45. The lowest BCUT2D eigenvalue weighted by Gasteiger charge is -2.34. The molecule has 2 aromatic rings. The van der Waals surface area contributed by atoms with E-state index in [2.05, 4.69) is 20.5 Å². The first-order valence-corrected chi connectivity index (χ1v) is 9.82. The highest BCUT2D eigenvalue weighted by Gasteiger charge is 2.27. The summed E-state index contributed by atoms with van der Waals surface area (Å²) in [6.45, 7) is 3.09. The molecule has 0 spiro atoms.